The van der Waals surface area contributed by atoms with Gasteiger partial charge in [0, 0.05) is 134 Å². The summed E-state index contributed by atoms with van der Waals surface area (Å²) in [5.74, 6) is 2.63. The van der Waals surface area contributed by atoms with Crippen LogP contribution in [0, 0.1) is 0 Å². The molecule has 0 saturated carbocycles. The molecule has 4 aliphatic rings. The maximum atomic E-state index is 12.9. The predicted octanol–water partition coefficient (Wildman–Crippen LogP) is 1.12. The average molecular weight is 981 g/mol. The number of piperazine rings is 4. The second-order valence-electron chi connectivity index (χ2n) is 17.0. The van der Waals surface area contributed by atoms with Gasteiger partial charge in [-0.2, -0.15) is 38.3 Å². The largest absolute Gasteiger partial charge is 0.395 e. The van der Waals surface area contributed by atoms with Crippen LogP contribution >= 0.6 is 12.0 Å². The molecule has 26 heteroatoms. The first-order valence-corrected chi connectivity index (χ1v) is 24.8. The summed E-state index contributed by atoms with van der Waals surface area (Å²) in [7, 11) is -0.586. The molecule has 68 heavy (non-hydrogen) atoms. The van der Waals surface area contributed by atoms with Crippen molar-refractivity contribution in [2.45, 2.75) is 9.79 Å². The number of nitrogens with zero attached hydrogens (tertiary/aromatic N) is 14. The molecular formula is C42H60N16O8S2. The number of hydrogen-bond acceptors (Lipinski definition) is 24. The second kappa shape index (κ2) is 23.0. The minimum atomic E-state index is -4.74. The standard InChI is InChI=1S/C42H60N16O8S2/c1-51-9-17-55(18-10-51)39-45-37(46-41(49-39)57-21-13-53(14-22-57)25-27-59)43-33-7-5-31(35(29-33)67-66-65-61)3-4-32-6-8-34(30-36(32)68(62,63)64)44-38-47-40(56-19-11-52(2)12-20-56)50-42(48-38)58-23-15-54(16-24-58)26-28-60/h3-8,29-30,59-61H,9-28H2,1-2H3,(H,62,63,64)(H,43,45,46,49)(H,44,47,48,50)/b4-3+. The highest BCUT2D eigenvalue weighted by Crippen LogP contribution is 2.32. The zero-order valence-electron chi connectivity index (χ0n) is 38.3. The van der Waals surface area contributed by atoms with Crippen LogP contribution in [-0.4, -0.2) is 223 Å². The van der Waals surface area contributed by atoms with Crippen LogP contribution in [0.1, 0.15) is 11.1 Å². The minimum Gasteiger partial charge on any atom is -0.395 e. The van der Waals surface area contributed by atoms with E-state index in [0.717, 1.165) is 90.6 Å². The van der Waals surface area contributed by atoms with E-state index in [1.54, 1.807) is 42.5 Å². The first kappa shape index (κ1) is 49.3. The fourth-order valence-electron chi connectivity index (χ4n) is 8.31. The van der Waals surface area contributed by atoms with E-state index in [1.165, 1.54) is 6.07 Å². The van der Waals surface area contributed by atoms with Crippen LogP contribution in [0.4, 0.5) is 47.1 Å². The van der Waals surface area contributed by atoms with Crippen molar-refractivity contribution in [2.75, 3.05) is 175 Å². The van der Waals surface area contributed by atoms with Crippen LogP contribution in [-0.2, 0) is 19.5 Å². The summed E-state index contributed by atoms with van der Waals surface area (Å²) >= 11 is 0.723. The highest BCUT2D eigenvalue weighted by Gasteiger charge is 2.26. The van der Waals surface area contributed by atoms with E-state index in [2.05, 4.69) is 69.0 Å². The third-order valence-electron chi connectivity index (χ3n) is 12.4. The molecule has 368 valence electrons. The van der Waals surface area contributed by atoms with Gasteiger partial charge in [-0.3, -0.25) is 14.4 Å². The number of nitrogens with one attached hydrogen (secondary N) is 2. The molecule has 4 aromatic rings. The van der Waals surface area contributed by atoms with Gasteiger partial charge in [0.05, 0.1) is 25.3 Å². The number of rotatable bonds is 18. The number of benzene rings is 2. The Balaban J connectivity index is 1.03. The summed E-state index contributed by atoms with van der Waals surface area (Å²) in [6, 6.07) is 9.84. The zero-order valence-corrected chi connectivity index (χ0v) is 39.9. The maximum absolute atomic E-state index is 12.9. The fraction of sp³-hybridized carbons (Fsp3) is 0.524. The molecule has 4 fully saturated rings. The number of aliphatic hydroxyl groups excluding tert-OH is 2. The molecule has 4 saturated heterocycles. The summed E-state index contributed by atoms with van der Waals surface area (Å²) in [6.45, 7) is 13.5. The Hall–Kier alpha value is -5.10. The van der Waals surface area contributed by atoms with Gasteiger partial charge < -0.3 is 50.2 Å². The van der Waals surface area contributed by atoms with Crippen molar-refractivity contribution < 1.29 is 37.8 Å². The molecule has 2 aromatic carbocycles. The lowest BCUT2D eigenvalue weighted by atomic mass is 10.1. The van der Waals surface area contributed by atoms with E-state index in [4.69, 9.17) is 39.5 Å². The Morgan fingerprint density at radius 1 is 0.588 bits per heavy atom. The van der Waals surface area contributed by atoms with Gasteiger partial charge in [-0.1, -0.05) is 29.3 Å². The predicted molar refractivity (Wildman–Crippen MR) is 259 cm³/mol. The van der Waals surface area contributed by atoms with Crippen molar-refractivity contribution >= 4 is 81.4 Å². The third kappa shape index (κ3) is 12.9. The highest BCUT2D eigenvalue weighted by molar-refractivity contribution is 7.94. The topological polar surface area (TPSA) is 261 Å². The molecule has 0 bridgehead atoms. The van der Waals surface area contributed by atoms with Crippen molar-refractivity contribution in [2.24, 2.45) is 0 Å². The van der Waals surface area contributed by atoms with Crippen LogP contribution in [0.15, 0.2) is 46.2 Å². The first-order chi connectivity index (χ1) is 32.9. The van der Waals surface area contributed by atoms with E-state index in [0.29, 0.717) is 90.8 Å². The van der Waals surface area contributed by atoms with E-state index in [9.17, 15) is 23.2 Å². The molecule has 0 amide bonds. The molecule has 24 nitrogen and oxygen atoms in total. The Bertz CT molecular complexity index is 2450. The Labute approximate surface area is 400 Å². The van der Waals surface area contributed by atoms with Gasteiger partial charge in [-0.25, -0.2) is 5.26 Å². The Morgan fingerprint density at radius 2 is 0.985 bits per heavy atom. The molecular weight excluding hydrogens is 921 g/mol. The van der Waals surface area contributed by atoms with Crippen molar-refractivity contribution in [3.63, 3.8) is 0 Å². The lowest BCUT2D eigenvalue weighted by molar-refractivity contribution is -0.432. The van der Waals surface area contributed by atoms with Crippen LogP contribution in [0.5, 0.6) is 0 Å². The van der Waals surface area contributed by atoms with E-state index in [1.807, 2.05) is 0 Å². The lowest BCUT2D eigenvalue weighted by Gasteiger charge is -2.35. The molecule has 6 N–H and O–H groups in total. The van der Waals surface area contributed by atoms with Gasteiger partial charge in [0.1, 0.15) is 4.90 Å². The van der Waals surface area contributed by atoms with Gasteiger partial charge in [0.25, 0.3) is 10.1 Å². The van der Waals surface area contributed by atoms with Crippen LogP contribution < -0.4 is 30.2 Å². The first-order valence-electron chi connectivity index (χ1n) is 22.6. The van der Waals surface area contributed by atoms with E-state index >= 15 is 0 Å². The van der Waals surface area contributed by atoms with Crippen molar-refractivity contribution in [1.82, 2.24) is 49.5 Å². The van der Waals surface area contributed by atoms with Crippen molar-refractivity contribution in [3.05, 3.63) is 47.5 Å². The number of likely N-dealkylation sites (N-methyl/N-ethyl adjacent to an activating group) is 2. The molecule has 8 rings (SSSR count). The molecule has 4 aliphatic heterocycles. The highest BCUT2D eigenvalue weighted by atomic mass is 32.2. The van der Waals surface area contributed by atoms with Gasteiger partial charge in [0.2, 0.25) is 35.7 Å². The van der Waals surface area contributed by atoms with Gasteiger partial charge >= 0.3 is 0 Å². The van der Waals surface area contributed by atoms with Crippen LogP contribution in [0.25, 0.3) is 12.2 Å². The second-order valence-corrected chi connectivity index (χ2v) is 19.1. The van der Waals surface area contributed by atoms with Crippen molar-refractivity contribution in [1.29, 1.82) is 0 Å². The number of β-amino-alcohol motifs (C(OH)–C–C–N with tert-alkyl or cyclic N) is 2. The smallest absolute Gasteiger partial charge is 0.295 e. The third-order valence-corrected chi connectivity index (χ3v) is 13.9. The van der Waals surface area contributed by atoms with E-state index in [-0.39, 0.29) is 29.6 Å². The van der Waals surface area contributed by atoms with Crippen LogP contribution in [0.2, 0.25) is 0 Å². The molecule has 6 heterocycles. The molecule has 0 unspecified atom stereocenters. The van der Waals surface area contributed by atoms with Gasteiger partial charge in [0.15, 0.2) is 0 Å². The fourth-order valence-corrected chi connectivity index (χ4v) is 9.53. The Morgan fingerprint density at radius 3 is 1.40 bits per heavy atom. The zero-order chi connectivity index (χ0) is 47.6. The van der Waals surface area contributed by atoms with E-state index < -0.39 is 10.1 Å². The maximum Gasteiger partial charge on any atom is 0.295 e. The van der Waals surface area contributed by atoms with Gasteiger partial charge in [-0.05, 0) is 49.5 Å². The number of aromatic nitrogens is 6. The molecule has 0 radical (unpaired) electrons. The SMILES string of the molecule is CN1CCN(c2nc(Nc3ccc(/C=C/c4ccc(Nc5nc(N6CCN(C)CC6)nc(N6CCN(CCO)CC6)n5)cc4S(=O)(=O)O)c(SOOO)c3)nc(N3CCN(CCO)CC3)n2)CC1. The molecule has 0 atom stereocenters. The molecule has 2 aromatic heterocycles. The summed E-state index contributed by atoms with van der Waals surface area (Å²) in [5.41, 5.74) is 1.65. The van der Waals surface area contributed by atoms with Gasteiger partial charge in [-0.15, -0.1) is 4.33 Å². The number of hydrogen-bond donors (Lipinski definition) is 6. The quantitative estimate of drug-likeness (QED) is 0.0268. The molecule has 0 spiro atoms. The normalized spacial score (nSPS) is 18.5. The summed E-state index contributed by atoms with van der Waals surface area (Å²) < 4.78 is 41.2. The van der Waals surface area contributed by atoms with Crippen molar-refractivity contribution in [3.8, 4) is 0 Å². The summed E-state index contributed by atoms with van der Waals surface area (Å²) in [5, 5.41) is 38.4. The number of anilines is 8. The average Bonchev–Trinajstić information content (AvgIpc) is 3.34. The Kier molecular flexibility index (Phi) is 16.7. The van der Waals surface area contributed by atoms with Crippen LogP contribution in [0.3, 0.4) is 0 Å². The summed E-state index contributed by atoms with van der Waals surface area (Å²) in [4.78, 5) is 46.3. The summed E-state index contributed by atoms with van der Waals surface area (Å²) in [6.07, 6.45) is 3.19. The minimum absolute atomic E-state index is 0.0875. The monoisotopic (exact) mass is 980 g/mol. The lowest BCUT2D eigenvalue weighted by Crippen LogP contribution is -2.48. The molecule has 0 aliphatic carbocycles. The number of aliphatic hydroxyl groups is 2.